The minimum absolute atomic E-state index is 0.176. The van der Waals surface area contributed by atoms with Gasteiger partial charge in [0.15, 0.2) is 0 Å². The fraction of sp³-hybridized carbons (Fsp3) is 0.462. The van der Waals surface area contributed by atoms with Gasteiger partial charge in [-0.3, -0.25) is 4.90 Å². The van der Waals surface area contributed by atoms with Gasteiger partial charge in [-0.15, -0.1) is 0 Å². The molecule has 1 fully saturated rings. The number of carbonyl (C=O) groups excluding carboxylic acids is 1. The Balaban J connectivity index is 2.26. The van der Waals surface area contributed by atoms with Crippen LogP contribution in [0.5, 0.6) is 5.75 Å². The average molecular weight is 250 g/mol. The number of ether oxygens (including phenoxy) is 2. The van der Waals surface area contributed by atoms with E-state index in [2.05, 4.69) is 0 Å². The Labute approximate surface area is 106 Å². The number of hydrogen-bond acceptors (Lipinski definition) is 4. The van der Waals surface area contributed by atoms with E-state index in [-0.39, 0.29) is 12.2 Å². The van der Waals surface area contributed by atoms with Gasteiger partial charge in [-0.1, -0.05) is 6.07 Å². The highest BCUT2D eigenvalue weighted by Gasteiger charge is 2.29. The van der Waals surface area contributed by atoms with Gasteiger partial charge < -0.3 is 15.2 Å². The Bertz CT molecular complexity index is 448. The number of carbonyl (C=O) groups is 1. The van der Waals surface area contributed by atoms with Gasteiger partial charge in [-0.25, -0.2) is 4.79 Å². The number of methoxy groups -OCH3 is 1. The summed E-state index contributed by atoms with van der Waals surface area (Å²) in [4.78, 5) is 13.5. The first-order chi connectivity index (χ1) is 8.65. The number of rotatable bonds is 3. The van der Waals surface area contributed by atoms with E-state index in [1.807, 2.05) is 25.1 Å². The molecular weight excluding hydrogens is 232 g/mol. The molecule has 1 aromatic carbocycles. The van der Waals surface area contributed by atoms with Crippen LogP contribution in [-0.4, -0.2) is 32.4 Å². The maximum atomic E-state index is 11.9. The molecule has 1 aliphatic rings. The molecule has 0 saturated carbocycles. The van der Waals surface area contributed by atoms with Gasteiger partial charge in [0.2, 0.25) is 0 Å². The molecule has 2 rings (SSSR count). The van der Waals surface area contributed by atoms with E-state index >= 15 is 0 Å². The zero-order valence-electron chi connectivity index (χ0n) is 10.7. The fourth-order valence-corrected chi connectivity index (χ4v) is 2.03. The van der Waals surface area contributed by atoms with E-state index in [9.17, 15) is 4.79 Å². The third-order valence-electron chi connectivity index (χ3n) is 3.05. The molecule has 18 heavy (non-hydrogen) atoms. The maximum absolute atomic E-state index is 11.9. The molecule has 0 aromatic heterocycles. The first-order valence-electron chi connectivity index (χ1n) is 5.98. The minimum atomic E-state index is -0.361. The molecule has 1 atom stereocenters. The lowest BCUT2D eigenvalue weighted by atomic mass is 10.1. The summed E-state index contributed by atoms with van der Waals surface area (Å²) < 4.78 is 10.5. The third kappa shape index (κ3) is 2.41. The van der Waals surface area contributed by atoms with Crippen molar-refractivity contribution in [3.8, 4) is 5.75 Å². The number of amides is 1. The van der Waals surface area contributed by atoms with Crippen molar-refractivity contribution in [1.82, 2.24) is 0 Å². The van der Waals surface area contributed by atoms with Crippen molar-refractivity contribution in [2.45, 2.75) is 19.4 Å². The van der Waals surface area contributed by atoms with Gasteiger partial charge in [-0.2, -0.15) is 0 Å². The van der Waals surface area contributed by atoms with Crippen molar-refractivity contribution in [3.63, 3.8) is 0 Å². The predicted octanol–water partition coefficient (Wildman–Crippen LogP) is 1.68. The van der Waals surface area contributed by atoms with E-state index < -0.39 is 0 Å². The van der Waals surface area contributed by atoms with Crippen LogP contribution in [0.3, 0.4) is 0 Å². The molecule has 0 aliphatic carbocycles. The standard InChI is InChI=1S/C13H18N2O3/c1-9-3-4-12(17-2)11(7-9)15-6-5-10(8-14)18-13(15)16/h3-4,7,10H,5-6,8,14H2,1-2H3. The molecule has 1 amide bonds. The van der Waals surface area contributed by atoms with Crippen LogP contribution in [0.15, 0.2) is 18.2 Å². The van der Waals surface area contributed by atoms with Gasteiger partial charge in [0.25, 0.3) is 0 Å². The number of hydrogen-bond donors (Lipinski definition) is 1. The monoisotopic (exact) mass is 250 g/mol. The predicted molar refractivity (Wildman–Crippen MR) is 69.0 cm³/mol. The molecule has 2 N–H and O–H groups in total. The van der Waals surface area contributed by atoms with Gasteiger partial charge in [0, 0.05) is 19.5 Å². The van der Waals surface area contributed by atoms with Gasteiger partial charge in [0.1, 0.15) is 11.9 Å². The van der Waals surface area contributed by atoms with Crippen LogP contribution in [0, 0.1) is 6.92 Å². The van der Waals surface area contributed by atoms with Crippen LogP contribution >= 0.6 is 0 Å². The smallest absolute Gasteiger partial charge is 0.414 e. The van der Waals surface area contributed by atoms with Crippen LogP contribution in [0.2, 0.25) is 0 Å². The lowest BCUT2D eigenvalue weighted by Gasteiger charge is -2.32. The SMILES string of the molecule is COc1ccc(C)cc1N1CCC(CN)OC1=O. The molecule has 98 valence electrons. The fourth-order valence-electron chi connectivity index (χ4n) is 2.03. The van der Waals surface area contributed by atoms with Crippen LogP contribution in [0.25, 0.3) is 0 Å². The van der Waals surface area contributed by atoms with Crippen molar-refractivity contribution in [3.05, 3.63) is 23.8 Å². The largest absolute Gasteiger partial charge is 0.495 e. The van der Waals surface area contributed by atoms with Crippen LogP contribution in [0.1, 0.15) is 12.0 Å². The minimum Gasteiger partial charge on any atom is -0.495 e. The Morgan fingerprint density at radius 3 is 2.94 bits per heavy atom. The quantitative estimate of drug-likeness (QED) is 0.886. The Hall–Kier alpha value is -1.75. The van der Waals surface area contributed by atoms with E-state index in [1.54, 1.807) is 12.0 Å². The molecule has 0 radical (unpaired) electrons. The van der Waals surface area contributed by atoms with Crippen LogP contribution in [-0.2, 0) is 4.74 Å². The van der Waals surface area contributed by atoms with E-state index in [0.29, 0.717) is 18.8 Å². The van der Waals surface area contributed by atoms with Gasteiger partial charge >= 0.3 is 6.09 Å². The maximum Gasteiger partial charge on any atom is 0.414 e. The molecule has 0 bridgehead atoms. The van der Waals surface area contributed by atoms with Gasteiger partial charge in [-0.05, 0) is 24.6 Å². The van der Waals surface area contributed by atoms with E-state index in [4.69, 9.17) is 15.2 Å². The first kappa shape index (κ1) is 12.7. The molecular formula is C13H18N2O3. The number of nitrogens with two attached hydrogens (primary N) is 1. The lowest BCUT2D eigenvalue weighted by Crippen LogP contribution is -2.44. The average Bonchev–Trinajstić information content (AvgIpc) is 2.38. The normalized spacial score (nSPS) is 19.6. The third-order valence-corrected chi connectivity index (χ3v) is 3.05. The first-order valence-corrected chi connectivity index (χ1v) is 5.98. The van der Waals surface area contributed by atoms with Crippen molar-refractivity contribution in [1.29, 1.82) is 0 Å². The molecule has 5 nitrogen and oxygen atoms in total. The summed E-state index contributed by atoms with van der Waals surface area (Å²) >= 11 is 0. The van der Waals surface area contributed by atoms with Crippen LogP contribution < -0.4 is 15.4 Å². The topological polar surface area (TPSA) is 64.8 Å². The summed E-state index contributed by atoms with van der Waals surface area (Å²) in [6.45, 7) is 2.94. The highest BCUT2D eigenvalue weighted by molar-refractivity contribution is 5.90. The molecule has 1 heterocycles. The Morgan fingerprint density at radius 2 is 2.33 bits per heavy atom. The second-order valence-corrected chi connectivity index (χ2v) is 4.36. The summed E-state index contributed by atoms with van der Waals surface area (Å²) in [7, 11) is 1.59. The second-order valence-electron chi connectivity index (χ2n) is 4.36. The molecule has 0 spiro atoms. The number of nitrogens with zero attached hydrogens (tertiary/aromatic N) is 1. The van der Waals surface area contributed by atoms with Crippen molar-refractivity contribution in [2.24, 2.45) is 5.73 Å². The van der Waals surface area contributed by atoms with Gasteiger partial charge in [0.05, 0.1) is 12.8 Å². The number of anilines is 1. The highest BCUT2D eigenvalue weighted by Crippen LogP contribution is 2.31. The summed E-state index contributed by atoms with van der Waals surface area (Å²) in [5, 5.41) is 0. The second kappa shape index (κ2) is 5.27. The molecule has 1 aromatic rings. The zero-order chi connectivity index (χ0) is 13.1. The highest BCUT2D eigenvalue weighted by atomic mass is 16.6. The van der Waals surface area contributed by atoms with E-state index in [1.165, 1.54) is 0 Å². The molecule has 1 aliphatic heterocycles. The molecule has 1 saturated heterocycles. The molecule has 1 unspecified atom stereocenters. The lowest BCUT2D eigenvalue weighted by molar-refractivity contribution is 0.0886. The van der Waals surface area contributed by atoms with Crippen molar-refractivity contribution >= 4 is 11.8 Å². The molecule has 5 heteroatoms. The van der Waals surface area contributed by atoms with E-state index in [0.717, 1.165) is 17.7 Å². The summed E-state index contributed by atoms with van der Waals surface area (Å²) in [6.07, 6.45) is 0.199. The number of cyclic esters (lactones) is 1. The summed E-state index contributed by atoms with van der Waals surface area (Å²) in [5.74, 6) is 0.670. The Kier molecular flexibility index (Phi) is 3.72. The summed E-state index contributed by atoms with van der Waals surface area (Å²) in [6, 6.07) is 5.72. The van der Waals surface area contributed by atoms with Crippen molar-refractivity contribution in [2.75, 3.05) is 25.1 Å². The Morgan fingerprint density at radius 1 is 1.56 bits per heavy atom. The van der Waals surface area contributed by atoms with Crippen molar-refractivity contribution < 1.29 is 14.3 Å². The number of benzene rings is 1. The summed E-state index contributed by atoms with van der Waals surface area (Å²) in [5.41, 5.74) is 7.33. The van der Waals surface area contributed by atoms with Crippen LogP contribution in [0.4, 0.5) is 10.5 Å². The number of aryl methyl sites for hydroxylation is 1. The zero-order valence-corrected chi connectivity index (χ0v) is 10.7.